The normalized spacial score (nSPS) is 15.8. The Bertz CT molecular complexity index is 1120. The average Bonchev–Trinajstić information content (AvgIpc) is 3.16. The summed E-state index contributed by atoms with van der Waals surface area (Å²) in [7, 11) is 0. The van der Waals surface area contributed by atoms with E-state index in [1.165, 1.54) is 12.5 Å². The van der Waals surface area contributed by atoms with Crippen molar-refractivity contribution < 1.29 is 9.18 Å². The van der Waals surface area contributed by atoms with Gasteiger partial charge in [-0.15, -0.1) is 0 Å². The molecule has 4 nitrogen and oxygen atoms in total. The fourth-order valence-corrected chi connectivity index (χ4v) is 5.27. The number of amides is 1. The van der Waals surface area contributed by atoms with Crippen molar-refractivity contribution in [3.05, 3.63) is 52.3 Å². The molecule has 1 heterocycles. The summed E-state index contributed by atoms with van der Waals surface area (Å²) in [5, 5.41) is 3.95. The summed E-state index contributed by atoms with van der Waals surface area (Å²) in [6.07, 6.45) is 7.17. The number of imidazole rings is 1. The molecule has 0 aliphatic heterocycles. The molecule has 7 heteroatoms. The Labute approximate surface area is 204 Å². The van der Waals surface area contributed by atoms with Crippen molar-refractivity contribution in [3.8, 4) is 11.4 Å². The number of halogens is 3. The van der Waals surface area contributed by atoms with Crippen LogP contribution in [0.5, 0.6) is 0 Å². The summed E-state index contributed by atoms with van der Waals surface area (Å²) in [5.74, 6) is 0.160. The molecule has 0 radical (unpaired) electrons. The van der Waals surface area contributed by atoms with E-state index in [1.807, 2.05) is 16.7 Å². The highest BCUT2D eigenvalue weighted by Crippen LogP contribution is 2.36. The third-order valence-electron chi connectivity index (χ3n) is 6.83. The molecule has 1 fully saturated rings. The van der Waals surface area contributed by atoms with Gasteiger partial charge in [-0.2, -0.15) is 0 Å². The molecule has 1 saturated carbocycles. The predicted octanol–water partition coefficient (Wildman–Crippen LogP) is 7.58. The van der Waals surface area contributed by atoms with Gasteiger partial charge in [-0.1, -0.05) is 69.2 Å². The molecule has 0 spiro atoms. The lowest BCUT2D eigenvalue weighted by Gasteiger charge is -2.31. The summed E-state index contributed by atoms with van der Waals surface area (Å²) < 4.78 is 16.3. The van der Waals surface area contributed by atoms with E-state index in [4.69, 9.17) is 28.2 Å². The van der Waals surface area contributed by atoms with E-state index in [0.29, 0.717) is 21.9 Å². The van der Waals surface area contributed by atoms with Crippen molar-refractivity contribution in [1.29, 1.82) is 0 Å². The molecule has 1 aliphatic rings. The molecular weight excluding hydrogens is 460 g/mol. The summed E-state index contributed by atoms with van der Waals surface area (Å²) >= 11 is 12.3. The molecule has 0 bridgehead atoms. The Morgan fingerprint density at radius 1 is 1.12 bits per heavy atom. The molecule has 1 aromatic heterocycles. The fourth-order valence-electron chi connectivity index (χ4n) is 4.99. The first kappa shape index (κ1) is 24.0. The van der Waals surface area contributed by atoms with Crippen LogP contribution in [0.4, 0.5) is 4.39 Å². The number of benzene rings is 2. The number of aromatic nitrogens is 2. The van der Waals surface area contributed by atoms with Crippen molar-refractivity contribution in [1.82, 2.24) is 14.9 Å². The highest BCUT2D eigenvalue weighted by atomic mass is 35.5. The zero-order valence-corrected chi connectivity index (χ0v) is 20.6. The van der Waals surface area contributed by atoms with Crippen LogP contribution in [0.25, 0.3) is 22.4 Å². The molecule has 176 valence electrons. The van der Waals surface area contributed by atoms with E-state index in [0.717, 1.165) is 44.1 Å². The third-order valence-corrected chi connectivity index (χ3v) is 7.37. The first-order valence-electron chi connectivity index (χ1n) is 11.9. The second-order valence-electron chi connectivity index (χ2n) is 8.93. The molecule has 3 aromatic rings. The number of hydrogen-bond acceptors (Lipinski definition) is 2. The van der Waals surface area contributed by atoms with E-state index in [2.05, 4.69) is 19.2 Å². The number of carbonyl (C=O) groups excluding carboxylic acids is 1. The van der Waals surface area contributed by atoms with Crippen molar-refractivity contribution in [3.63, 3.8) is 0 Å². The smallest absolute Gasteiger partial charge is 0.243 e. The number of fused-ring (bicyclic) bond motifs is 1. The Morgan fingerprint density at radius 2 is 1.79 bits per heavy atom. The minimum Gasteiger partial charge on any atom is -0.352 e. The number of hydrogen-bond donors (Lipinski definition) is 1. The molecule has 1 amide bonds. The van der Waals surface area contributed by atoms with Gasteiger partial charge in [0.15, 0.2) is 0 Å². The van der Waals surface area contributed by atoms with Crippen LogP contribution in [0, 0.1) is 11.7 Å². The van der Waals surface area contributed by atoms with Gasteiger partial charge in [0.2, 0.25) is 5.91 Å². The summed E-state index contributed by atoms with van der Waals surface area (Å²) in [6.45, 7) is 4.20. The summed E-state index contributed by atoms with van der Waals surface area (Å²) in [4.78, 5) is 18.6. The van der Waals surface area contributed by atoms with E-state index in [-0.39, 0.29) is 22.9 Å². The zero-order chi connectivity index (χ0) is 23.5. The lowest BCUT2D eigenvalue weighted by Crippen LogP contribution is -2.43. The SMILES string of the molecule is CCC(CC)[C@@H](C(=O)NC1CCCCC1)n1c(-c2ccc(Cl)cc2)nc2cc(F)c(Cl)cc21. The molecular formula is C26H30Cl2FN3O. The number of nitrogens with one attached hydrogen (secondary N) is 1. The van der Waals surface area contributed by atoms with Crippen LogP contribution in [0.3, 0.4) is 0 Å². The lowest BCUT2D eigenvalue weighted by atomic mass is 9.91. The highest BCUT2D eigenvalue weighted by molar-refractivity contribution is 6.31. The highest BCUT2D eigenvalue weighted by Gasteiger charge is 2.33. The van der Waals surface area contributed by atoms with Crippen LogP contribution in [-0.2, 0) is 4.79 Å². The molecule has 1 atom stereocenters. The monoisotopic (exact) mass is 489 g/mol. The molecule has 1 aliphatic carbocycles. The lowest BCUT2D eigenvalue weighted by molar-refractivity contribution is -0.126. The topological polar surface area (TPSA) is 46.9 Å². The van der Waals surface area contributed by atoms with Gasteiger partial charge in [-0.3, -0.25) is 4.79 Å². The van der Waals surface area contributed by atoms with Crippen LogP contribution < -0.4 is 5.32 Å². The number of carbonyl (C=O) groups is 1. The Hall–Kier alpha value is -2.11. The zero-order valence-electron chi connectivity index (χ0n) is 19.1. The van der Waals surface area contributed by atoms with E-state index in [1.54, 1.807) is 18.2 Å². The van der Waals surface area contributed by atoms with Gasteiger partial charge in [-0.05, 0) is 49.1 Å². The minimum absolute atomic E-state index is 0.00874. The van der Waals surface area contributed by atoms with Crippen LogP contribution in [0.1, 0.15) is 64.8 Å². The maximum Gasteiger partial charge on any atom is 0.243 e. The molecule has 33 heavy (non-hydrogen) atoms. The van der Waals surface area contributed by atoms with Crippen LogP contribution in [0.2, 0.25) is 10.0 Å². The van der Waals surface area contributed by atoms with E-state index >= 15 is 0 Å². The maximum absolute atomic E-state index is 14.3. The van der Waals surface area contributed by atoms with E-state index in [9.17, 15) is 9.18 Å². The van der Waals surface area contributed by atoms with Crippen molar-refractivity contribution in [2.45, 2.75) is 70.9 Å². The van der Waals surface area contributed by atoms with E-state index < -0.39 is 11.9 Å². The maximum atomic E-state index is 14.3. The van der Waals surface area contributed by atoms with Gasteiger partial charge in [0.05, 0.1) is 16.1 Å². The minimum atomic E-state index is -0.526. The van der Waals surface area contributed by atoms with Crippen LogP contribution in [0.15, 0.2) is 36.4 Å². The first-order valence-corrected chi connectivity index (χ1v) is 12.6. The summed E-state index contributed by atoms with van der Waals surface area (Å²) in [5.41, 5.74) is 1.94. The molecule has 0 saturated heterocycles. The van der Waals surface area contributed by atoms with Gasteiger partial charge in [0, 0.05) is 22.7 Å². The Kier molecular flexibility index (Phi) is 7.60. The predicted molar refractivity (Wildman–Crippen MR) is 133 cm³/mol. The number of rotatable bonds is 7. The third kappa shape index (κ3) is 5.04. The van der Waals surface area contributed by atoms with Gasteiger partial charge in [0.25, 0.3) is 0 Å². The largest absolute Gasteiger partial charge is 0.352 e. The van der Waals surface area contributed by atoms with Crippen molar-refractivity contribution >= 4 is 40.1 Å². The molecule has 0 unspecified atom stereocenters. The summed E-state index contributed by atoms with van der Waals surface area (Å²) in [6, 6.07) is 9.97. The molecule has 1 N–H and O–H groups in total. The average molecular weight is 490 g/mol. The Morgan fingerprint density at radius 3 is 2.42 bits per heavy atom. The first-order chi connectivity index (χ1) is 15.9. The standard InChI is InChI=1S/C26H30Cl2FN3O/c1-3-16(4-2)24(26(33)30-19-8-6-5-7-9-19)32-23-14-20(28)21(29)15-22(23)31-25(32)17-10-12-18(27)13-11-17/h10-16,19,24H,3-9H2,1-2H3,(H,30,33)/t24-/m0/s1. The molecule has 4 rings (SSSR count). The Balaban J connectivity index is 1.89. The fraction of sp³-hybridized carbons (Fsp3) is 0.462. The van der Waals surface area contributed by atoms with Crippen LogP contribution in [-0.4, -0.2) is 21.5 Å². The van der Waals surface area contributed by atoms with Gasteiger partial charge >= 0.3 is 0 Å². The van der Waals surface area contributed by atoms with Gasteiger partial charge in [0.1, 0.15) is 17.7 Å². The molecule has 2 aromatic carbocycles. The van der Waals surface area contributed by atoms with Crippen LogP contribution >= 0.6 is 23.2 Å². The second kappa shape index (κ2) is 10.4. The van der Waals surface area contributed by atoms with Crippen molar-refractivity contribution in [2.75, 3.05) is 0 Å². The van der Waals surface area contributed by atoms with Crippen molar-refractivity contribution in [2.24, 2.45) is 5.92 Å². The van der Waals surface area contributed by atoms with Gasteiger partial charge in [-0.25, -0.2) is 9.37 Å². The quantitative estimate of drug-likeness (QED) is 0.371. The van der Waals surface area contributed by atoms with Gasteiger partial charge < -0.3 is 9.88 Å². The second-order valence-corrected chi connectivity index (χ2v) is 9.78. The number of nitrogens with zero attached hydrogens (tertiary/aromatic N) is 2.